The van der Waals surface area contributed by atoms with Gasteiger partial charge in [0.1, 0.15) is 10.8 Å². The summed E-state index contributed by atoms with van der Waals surface area (Å²) in [6, 6.07) is 11.5. The molecule has 33 heavy (non-hydrogen) atoms. The summed E-state index contributed by atoms with van der Waals surface area (Å²) < 4.78 is 47.2. The van der Waals surface area contributed by atoms with Crippen molar-refractivity contribution in [2.75, 3.05) is 7.11 Å². The van der Waals surface area contributed by atoms with Gasteiger partial charge in [-0.05, 0) is 42.0 Å². The summed E-state index contributed by atoms with van der Waals surface area (Å²) in [6.07, 6.45) is 4.03. The van der Waals surface area contributed by atoms with E-state index in [1.54, 1.807) is 37.5 Å². The first-order valence-corrected chi connectivity index (χ1v) is 11.9. The minimum atomic E-state index is -3.80. The van der Waals surface area contributed by atoms with Crippen LogP contribution in [0, 0.1) is 11.7 Å². The number of rotatable bonds is 7. The lowest BCUT2D eigenvalue weighted by molar-refractivity contribution is 0.0974. The molecule has 2 N–H and O–H groups in total. The molecule has 0 saturated carbocycles. The molecule has 0 bridgehead atoms. The Balaban J connectivity index is 1.70. The molecular weight excluding hydrogens is 463 g/mol. The fourth-order valence-electron chi connectivity index (χ4n) is 3.18. The molecule has 1 aliphatic rings. The molecule has 0 spiro atoms. The highest BCUT2D eigenvalue weighted by Gasteiger charge is 2.22. The van der Waals surface area contributed by atoms with Gasteiger partial charge in [0, 0.05) is 23.6 Å². The lowest BCUT2D eigenvalue weighted by atomic mass is 9.98. The summed E-state index contributed by atoms with van der Waals surface area (Å²) in [7, 11) is -2.22. The number of nitrogens with one attached hydrogen (secondary N) is 2. The van der Waals surface area contributed by atoms with E-state index in [1.807, 2.05) is 6.92 Å². The molecule has 1 unspecified atom stereocenters. The maximum absolute atomic E-state index is 13.8. The Hall–Kier alpha value is -3.30. The van der Waals surface area contributed by atoms with Crippen molar-refractivity contribution in [1.82, 2.24) is 10.0 Å². The lowest BCUT2D eigenvalue weighted by Crippen LogP contribution is -2.30. The van der Waals surface area contributed by atoms with E-state index in [9.17, 15) is 17.6 Å². The molecule has 1 aliphatic carbocycles. The van der Waals surface area contributed by atoms with Gasteiger partial charge in [0.15, 0.2) is 0 Å². The zero-order valence-corrected chi connectivity index (χ0v) is 19.7. The van der Waals surface area contributed by atoms with Gasteiger partial charge in [-0.1, -0.05) is 50.0 Å². The van der Waals surface area contributed by atoms with Crippen LogP contribution in [0.15, 0.2) is 83.6 Å². The van der Waals surface area contributed by atoms with Gasteiger partial charge in [-0.15, -0.1) is 0 Å². The largest absolute Gasteiger partial charge is 0.501 e. The Morgan fingerprint density at radius 2 is 1.82 bits per heavy atom. The highest BCUT2D eigenvalue weighted by Crippen LogP contribution is 2.25. The van der Waals surface area contributed by atoms with E-state index < -0.39 is 21.7 Å². The minimum Gasteiger partial charge on any atom is -0.501 e. The van der Waals surface area contributed by atoms with Gasteiger partial charge < -0.3 is 10.1 Å². The predicted molar refractivity (Wildman–Crippen MR) is 129 cm³/mol. The molecule has 172 valence electrons. The van der Waals surface area contributed by atoms with E-state index in [0.717, 1.165) is 5.76 Å². The second-order valence-electron chi connectivity index (χ2n) is 7.44. The molecule has 0 aromatic heterocycles. The molecule has 0 saturated heterocycles. The first kappa shape index (κ1) is 24.3. The molecule has 6 nitrogen and oxygen atoms in total. The maximum Gasteiger partial charge on any atom is 0.261 e. The van der Waals surface area contributed by atoms with Gasteiger partial charge in [-0.25, -0.2) is 12.8 Å². The number of carbonyl (C=O) groups excluding carboxylic acids is 1. The van der Waals surface area contributed by atoms with E-state index in [4.69, 9.17) is 17.0 Å². The highest BCUT2D eigenvalue weighted by molar-refractivity contribution is 7.89. The summed E-state index contributed by atoms with van der Waals surface area (Å²) in [5.41, 5.74) is 1.25. The predicted octanol–water partition coefficient (Wildman–Crippen LogP) is 4.33. The quantitative estimate of drug-likeness (QED) is 0.450. The van der Waals surface area contributed by atoms with Crippen molar-refractivity contribution in [3.8, 4) is 0 Å². The smallest absolute Gasteiger partial charge is 0.261 e. The summed E-state index contributed by atoms with van der Waals surface area (Å²) in [5.74, 6) is -0.620. The third-order valence-corrected chi connectivity index (χ3v) is 6.88. The average Bonchev–Trinajstić information content (AvgIpc) is 2.80. The van der Waals surface area contributed by atoms with Crippen LogP contribution in [0.25, 0.3) is 5.57 Å². The molecular formula is C24H23FN2O4S2. The van der Waals surface area contributed by atoms with E-state index in [-0.39, 0.29) is 21.4 Å². The molecule has 2 aromatic rings. The third-order valence-electron chi connectivity index (χ3n) is 5.13. The standard InChI is InChI=1S/C24H23FN2O4S2/c1-15-14-18(31-3)10-13-22(15)27-33(29,30)19-11-8-17(9-12-19)16(2)24(32)26-23(28)20-6-4-5-7-21(20)25/h4-13,15,27H,2,14H2,1,3H3,(H,26,28,32). The monoisotopic (exact) mass is 486 g/mol. The topological polar surface area (TPSA) is 84.5 Å². The normalized spacial score (nSPS) is 15.7. The highest BCUT2D eigenvalue weighted by atomic mass is 32.2. The van der Waals surface area contributed by atoms with Crippen LogP contribution in [0.5, 0.6) is 0 Å². The zero-order valence-electron chi connectivity index (χ0n) is 18.1. The van der Waals surface area contributed by atoms with Crippen LogP contribution in [0.3, 0.4) is 0 Å². The first-order chi connectivity index (χ1) is 15.6. The number of thiocarbonyl (C=S) groups is 1. The van der Waals surface area contributed by atoms with E-state index >= 15 is 0 Å². The zero-order chi connectivity index (χ0) is 24.2. The minimum absolute atomic E-state index is 0.0129. The number of sulfonamides is 1. The van der Waals surface area contributed by atoms with Gasteiger partial charge in [0.25, 0.3) is 15.9 Å². The van der Waals surface area contributed by atoms with Crippen molar-refractivity contribution < 1.29 is 22.3 Å². The van der Waals surface area contributed by atoms with Crippen molar-refractivity contribution in [2.45, 2.75) is 18.2 Å². The number of carbonyl (C=O) groups is 1. The van der Waals surface area contributed by atoms with Crippen LogP contribution in [-0.2, 0) is 14.8 Å². The third kappa shape index (κ3) is 5.74. The molecule has 1 amide bonds. The van der Waals surface area contributed by atoms with Crippen molar-refractivity contribution >= 4 is 38.7 Å². The number of hydrogen-bond donors (Lipinski definition) is 2. The summed E-state index contributed by atoms with van der Waals surface area (Å²) in [4.78, 5) is 12.3. The van der Waals surface area contributed by atoms with E-state index in [0.29, 0.717) is 23.3 Å². The average molecular weight is 487 g/mol. The van der Waals surface area contributed by atoms with Gasteiger partial charge in [-0.3, -0.25) is 9.52 Å². The second kappa shape index (κ2) is 10.1. The van der Waals surface area contributed by atoms with Crippen molar-refractivity contribution in [3.05, 3.63) is 95.7 Å². The fourth-order valence-corrected chi connectivity index (χ4v) is 4.59. The summed E-state index contributed by atoms with van der Waals surface area (Å²) in [5, 5.41) is 2.45. The Kier molecular flexibility index (Phi) is 7.45. The number of hydrogen-bond acceptors (Lipinski definition) is 5. The van der Waals surface area contributed by atoms with Gasteiger partial charge >= 0.3 is 0 Å². The van der Waals surface area contributed by atoms with Crippen LogP contribution in [0.2, 0.25) is 0 Å². The van der Waals surface area contributed by atoms with Crippen LogP contribution in [-0.4, -0.2) is 26.4 Å². The Bertz CT molecular complexity index is 1270. The maximum atomic E-state index is 13.8. The fraction of sp³-hybridized carbons (Fsp3) is 0.167. The molecule has 0 fully saturated rings. The Labute approximate surface area is 197 Å². The Morgan fingerprint density at radius 1 is 1.15 bits per heavy atom. The number of allylic oxidation sites excluding steroid dienone is 4. The van der Waals surface area contributed by atoms with Crippen LogP contribution in [0.4, 0.5) is 4.39 Å². The number of halogens is 1. The molecule has 0 heterocycles. The molecule has 0 aliphatic heterocycles. The first-order valence-electron chi connectivity index (χ1n) is 9.99. The van der Waals surface area contributed by atoms with E-state index in [1.165, 1.54) is 30.3 Å². The van der Waals surface area contributed by atoms with Crippen molar-refractivity contribution in [3.63, 3.8) is 0 Å². The van der Waals surface area contributed by atoms with Crippen LogP contribution >= 0.6 is 12.2 Å². The molecule has 2 aromatic carbocycles. The van der Waals surface area contributed by atoms with Gasteiger partial charge in [0.05, 0.1) is 23.3 Å². The molecule has 9 heteroatoms. The second-order valence-corrected chi connectivity index (χ2v) is 9.53. The number of ether oxygens (including phenoxy) is 1. The molecule has 0 radical (unpaired) electrons. The number of benzene rings is 2. The van der Waals surface area contributed by atoms with Gasteiger partial charge in [-0.2, -0.15) is 0 Å². The van der Waals surface area contributed by atoms with Crippen molar-refractivity contribution in [1.29, 1.82) is 0 Å². The van der Waals surface area contributed by atoms with Crippen LogP contribution in [0.1, 0.15) is 29.3 Å². The Morgan fingerprint density at radius 3 is 2.42 bits per heavy atom. The van der Waals surface area contributed by atoms with Crippen LogP contribution < -0.4 is 10.0 Å². The lowest BCUT2D eigenvalue weighted by Gasteiger charge is -2.22. The molecule has 3 rings (SSSR count). The number of amides is 1. The van der Waals surface area contributed by atoms with Gasteiger partial charge in [0.2, 0.25) is 0 Å². The SMILES string of the molecule is C=C(C(=S)NC(=O)c1ccccc1F)c1ccc(S(=O)(=O)NC2=CC=C(OC)CC2C)cc1. The summed E-state index contributed by atoms with van der Waals surface area (Å²) >= 11 is 5.22. The molecule has 1 atom stereocenters. The van der Waals surface area contributed by atoms with Crippen molar-refractivity contribution in [2.24, 2.45) is 5.92 Å². The summed E-state index contributed by atoms with van der Waals surface area (Å²) in [6.45, 7) is 5.77. The number of methoxy groups -OCH3 is 1. The van der Waals surface area contributed by atoms with E-state index in [2.05, 4.69) is 16.6 Å².